The van der Waals surface area contributed by atoms with Crippen LogP contribution in [-0.4, -0.2) is 145 Å². The molecule has 0 aromatic heterocycles. The molecule has 1 fully saturated rings. The Morgan fingerprint density at radius 2 is 0.583 bits per heavy atom. The highest BCUT2D eigenvalue weighted by Crippen LogP contribution is 2.08. The fraction of sp³-hybridized carbons (Fsp3) is 0.641. The van der Waals surface area contributed by atoms with Gasteiger partial charge in [0.2, 0.25) is 5.91 Å². The van der Waals surface area contributed by atoms with Gasteiger partial charge >= 0.3 is 0 Å². The van der Waals surface area contributed by atoms with Crippen molar-refractivity contribution < 1.29 is 62.6 Å². The Hall–Kier alpha value is -6.72. The van der Waals surface area contributed by atoms with E-state index in [1.165, 1.54) is 97.1 Å². The summed E-state index contributed by atoms with van der Waals surface area (Å²) in [5.41, 5.74) is 26.0. The number of aliphatic hydroxyl groups is 1. The zero-order valence-electron chi connectivity index (χ0n) is 73.6. The summed E-state index contributed by atoms with van der Waals surface area (Å²) in [6, 6.07) is 20.9. The van der Waals surface area contributed by atoms with Crippen LogP contribution in [0.4, 0.5) is 0 Å². The van der Waals surface area contributed by atoms with E-state index in [4.69, 9.17) is 63.6 Å². The SMILES string of the molecule is C/C=C\CC.C=C.C=O.C=O.C=O.C=O.C=O.C=O.C=O.C=O.C=O.C=O.C=O.CC.CC(=O)N1CCCCC1.CC(C)C.CC(C)O.CCC(C)C.CCC(C)C.CCC(C)C.CCC(C)C.CCCCN.CCc1ccccc1.CCc1ccccc1.CN.CN.CN.CN.N.N.N.N.N.N. The first-order valence-electron chi connectivity index (χ1n) is 32.9. The van der Waals surface area contributed by atoms with Crippen molar-refractivity contribution in [3.63, 3.8) is 0 Å². The van der Waals surface area contributed by atoms with Crippen LogP contribution >= 0.6 is 0 Å². The van der Waals surface area contributed by atoms with Gasteiger partial charge < -0.3 is 128 Å². The minimum absolute atomic E-state index is 0. The molecular formula is C78H190N12O13. The molecule has 2 aromatic rings. The monoisotopic (exact) mass is 1500 g/mol. The molecule has 0 atom stereocenters. The quantitative estimate of drug-likeness (QED) is 0.104. The molecule has 25 heteroatoms. The van der Waals surface area contributed by atoms with E-state index in [1.54, 1.807) is 20.8 Å². The van der Waals surface area contributed by atoms with E-state index in [-0.39, 0.29) is 48.9 Å². The van der Waals surface area contributed by atoms with E-state index < -0.39 is 0 Å². The van der Waals surface area contributed by atoms with Gasteiger partial charge in [0.15, 0.2) is 0 Å². The van der Waals surface area contributed by atoms with Gasteiger partial charge in [-0.05, 0) is 141 Å². The van der Waals surface area contributed by atoms with Gasteiger partial charge in [0, 0.05) is 26.1 Å². The topological polar surface area (TPSA) is 568 Å². The van der Waals surface area contributed by atoms with Crippen molar-refractivity contribution >= 4 is 80.6 Å². The van der Waals surface area contributed by atoms with E-state index in [9.17, 15) is 4.79 Å². The number of hydrogen-bond donors (Lipinski definition) is 12. The molecule has 1 heterocycles. The smallest absolute Gasteiger partial charge is 0.219 e. The zero-order chi connectivity index (χ0) is 84.9. The van der Waals surface area contributed by atoms with Gasteiger partial charge in [0.25, 0.3) is 0 Å². The van der Waals surface area contributed by atoms with Gasteiger partial charge in [0.1, 0.15) is 74.7 Å². The number of hydrogen-bond acceptors (Lipinski definition) is 24. The second-order valence-corrected chi connectivity index (χ2v) is 18.4. The van der Waals surface area contributed by atoms with Crippen molar-refractivity contribution in [3.8, 4) is 0 Å². The summed E-state index contributed by atoms with van der Waals surface area (Å²) in [6.45, 7) is 83.6. The van der Waals surface area contributed by atoms with Crippen molar-refractivity contribution in [3.05, 3.63) is 97.1 Å². The molecule has 25 nitrogen and oxygen atoms in total. The van der Waals surface area contributed by atoms with Crippen LogP contribution in [0.2, 0.25) is 0 Å². The molecule has 103 heavy (non-hydrogen) atoms. The van der Waals surface area contributed by atoms with Crippen molar-refractivity contribution in [1.29, 1.82) is 0 Å². The maximum Gasteiger partial charge on any atom is 0.219 e. The number of aliphatic hydroxyl groups excluding tert-OH is 1. The minimum Gasteiger partial charge on any atom is -0.394 e. The Morgan fingerprint density at radius 1 is 0.417 bits per heavy atom. The molecule has 1 saturated heterocycles. The number of unbranched alkanes of at least 4 members (excludes halogenated alkanes) is 1. The highest BCUT2D eigenvalue weighted by molar-refractivity contribution is 5.73. The van der Waals surface area contributed by atoms with Crippen molar-refractivity contribution in [1.82, 2.24) is 41.8 Å². The highest BCUT2D eigenvalue weighted by Gasteiger charge is 2.11. The summed E-state index contributed by atoms with van der Waals surface area (Å²) >= 11 is 0. The van der Waals surface area contributed by atoms with Gasteiger partial charge in [-0.3, -0.25) is 4.79 Å². The zero-order valence-corrected chi connectivity index (χ0v) is 73.6. The Bertz CT molecular complexity index is 1170. The lowest BCUT2D eigenvalue weighted by Crippen LogP contribution is -2.33. The number of likely N-dealkylation sites (tertiary alicyclic amines) is 1. The number of nitrogens with zero attached hydrogens (tertiary/aromatic N) is 1. The summed E-state index contributed by atoms with van der Waals surface area (Å²) in [5, 5.41) is 8.06. The van der Waals surface area contributed by atoms with Crippen molar-refractivity contribution in [2.75, 3.05) is 47.8 Å². The lowest BCUT2D eigenvalue weighted by molar-refractivity contribution is -0.129. The molecule has 3 rings (SSSR count). The number of benzene rings is 2. The molecule has 0 aliphatic carbocycles. The Balaban J connectivity index is -0.0000000183. The van der Waals surface area contributed by atoms with Crippen LogP contribution in [0.15, 0.2) is 86.0 Å². The second kappa shape index (κ2) is 335. The summed E-state index contributed by atoms with van der Waals surface area (Å²) < 4.78 is 0. The average molecular weight is 1500 g/mol. The predicted octanol–water partition coefficient (Wildman–Crippen LogP) is 17.6. The molecule has 1 aliphatic heterocycles. The van der Waals surface area contributed by atoms with Crippen LogP contribution in [0.25, 0.3) is 0 Å². The summed E-state index contributed by atoms with van der Waals surface area (Å²) in [6.07, 6.45) is 18.7. The van der Waals surface area contributed by atoms with Crippen LogP contribution in [0, 0.1) is 29.6 Å². The lowest BCUT2D eigenvalue weighted by atomic mass is 10.1. The molecule has 0 radical (unpaired) electrons. The van der Waals surface area contributed by atoms with Gasteiger partial charge in [0.05, 0.1) is 0 Å². The molecule has 640 valence electrons. The number of rotatable bonds is 9. The molecule has 2 aromatic carbocycles. The van der Waals surface area contributed by atoms with Crippen LogP contribution in [0.5, 0.6) is 0 Å². The normalized spacial score (nSPS) is 7.37. The first kappa shape index (κ1) is 205. The highest BCUT2D eigenvalue weighted by atomic mass is 16.3. The number of carbonyl (C=O) groups is 12. The van der Waals surface area contributed by atoms with Crippen LogP contribution in [0.1, 0.15) is 248 Å². The fourth-order valence-corrected chi connectivity index (χ4v) is 3.08. The first-order valence-corrected chi connectivity index (χ1v) is 32.9. The van der Waals surface area contributed by atoms with E-state index in [0.29, 0.717) is 0 Å². The minimum atomic E-state index is -0.167. The second-order valence-electron chi connectivity index (χ2n) is 18.4. The number of carbonyl (C=O) groups excluding carboxylic acids is 12. The van der Waals surface area contributed by atoms with Gasteiger partial charge in [-0.25, -0.2) is 0 Å². The van der Waals surface area contributed by atoms with Crippen LogP contribution < -0.4 is 65.6 Å². The Kier molecular flexibility index (Phi) is 667. The molecule has 1 amide bonds. The molecular weight excluding hydrogens is 1310 g/mol. The summed E-state index contributed by atoms with van der Waals surface area (Å²) in [5.74, 6) is 4.60. The Labute approximate surface area is 641 Å². The third-order valence-electron chi connectivity index (χ3n) is 8.60. The van der Waals surface area contributed by atoms with Crippen LogP contribution in [0.3, 0.4) is 0 Å². The number of amides is 1. The van der Waals surface area contributed by atoms with E-state index in [1.807, 2.05) is 112 Å². The predicted molar refractivity (Wildman–Crippen MR) is 467 cm³/mol. The number of allylic oxidation sites excluding steroid dienone is 2. The summed E-state index contributed by atoms with van der Waals surface area (Å²) in [7, 11) is 6.00. The third kappa shape index (κ3) is 597. The lowest BCUT2D eigenvalue weighted by Gasteiger charge is -2.24. The molecule has 0 unspecified atom stereocenters. The number of nitrogens with two attached hydrogens (primary N) is 5. The van der Waals surface area contributed by atoms with Gasteiger partial charge in [-0.2, -0.15) is 0 Å². The van der Waals surface area contributed by atoms with E-state index in [0.717, 1.165) is 68.5 Å². The third-order valence-corrected chi connectivity index (χ3v) is 8.60. The van der Waals surface area contributed by atoms with Gasteiger partial charge in [-0.15, -0.1) is 13.2 Å². The van der Waals surface area contributed by atoms with Crippen molar-refractivity contribution in [2.24, 2.45) is 58.3 Å². The fourth-order valence-electron chi connectivity index (χ4n) is 3.08. The average Bonchev–Trinajstić information content (AvgIpc) is 1.17. The van der Waals surface area contributed by atoms with E-state index in [2.05, 4.69) is 228 Å². The first-order chi connectivity index (χ1) is 46.5. The molecule has 0 bridgehead atoms. The van der Waals surface area contributed by atoms with Crippen LogP contribution in [-0.2, 0) is 70.4 Å². The maximum absolute atomic E-state index is 10.7. The Morgan fingerprint density at radius 3 is 0.641 bits per heavy atom. The largest absolute Gasteiger partial charge is 0.394 e. The number of piperidine rings is 1. The van der Waals surface area contributed by atoms with Gasteiger partial charge in [-0.1, -0.05) is 250 Å². The van der Waals surface area contributed by atoms with Crippen molar-refractivity contribution in [2.45, 2.75) is 256 Å². The molecule has 0 spiro atoms. The summed E-state index contributed by atoms with van der Waals surface area (Å²) in [4.78, 5) is 101. The number of aryl methyl sites for hydroxylation is 2. The maximum atomic E-state index is 10.7. The standard InChI is InChI=1S/2C8H10.C7H13NO.4C5H12.C5H10.C4H11N.C4H10.C3H8O.C2H6.C2H4.4CH5N.11CH2O.6H3N/c2*1-2-8-6-4-3-5-7-8;1-7(9)8-5-3-2-4-6-8;4*1-4-5(2)3;1-3-5-4-2;1-2-3-4-5;1-4(2)3;1-3(2)4;17*1-2;;;;;;/h2*3-7H,2H2,1H3;2-6H2,1H3;4*5H,4H2,1-3H3;3,5H,4H2,1-2H3;2-5H2,1H3;4H,1-3H3;3-4H,1-2H3;1-2H3;1-2H2;4*2H2,1H3;11*1H2;6*1H3/b;;;;;;;5-3-;;;;;;;;;;;;;;;;;;;;;;;;;;. The molecule has 29 N–H and O–H groups in total. The van der Waals surface area contributed by atoms with E-state index >= 15 is 0 Å². The molecule has 0 saturated carbocycles. The molecule has 1 aliphatic rings.